The second-order valence-corrected chi connectivity index (χ2v) is 4.60. The van der Waals surface area contributed by atoms with E-state index < -0.39 is 0 Å². The van der Waals surface area contributed by atoms with Gasteiger partial charge >= 0.3 is 0 Å². The Hall–Kier alpha value is -2.36. The fourth-order valence-corrected chi connectivity index (χ4v) is 2.08. The van der Waals surface area contributed by atoms with Crippen LogP contribution in [0.3, 0.4) is 0 Å². The summed E-state index contributed by atoms with van der Waals surface area (Å²) in [6, 6.07) is 11.5. The summed E-state index contributed by atoms with van der Waals surface area (Å²) in [5, 5.41) is 3.34. The minimum Gasteiger partial charge on any atom is -0.497 e. The number of anilines is 2. The lowest BCUT2D eigenvalue weighted by Crippen LogP contribution is -2.04. The zero-order valence-corrected chi connectivity index (χ0v) is 11.6. The molecule has 4 heteroatoms. The molecule has 0 unspecified atom stereocenters. The summed E-state index contributed by atoms with van der Waals surface area (Å²) in [5.41, 5.74) is 1.87. The molecule has 1 aliphatic rings. The van der Waals surface area contributed by atoms with Crippen LogP contribution in [0.25, 0.3) is 0 Å². The maximum absolute atomic E-state index is 5.92. The molecular formula is C16H17NO3. The van der Waals surface area contributed by atoms with E-state index in [1.54, 1.807) is 7.11 Å². The first kappa shape index (κ1) is 12.7. The van der Waals surface area contributed by atoms with Crippen molar-refractivity contribution in [3.05, 3.63) is 36.4 Å². The Bertz CT molecular complexity index is 625. The number of benzene rings is 2. The van der Waals surface area contributed by atoms with Crippen LogP contribution in [-0.2, 0) is 0 Å². The molecule has 0 radical (unpaired) electrons. The average Bonchev–Trinajstić information content (AvgIpc) is 2.50. The lowest BCUT2D eigenvalue weighted by molar-refractivity contribution is 0.316. The van der Waals surface area contributed by atoms with Crippen LogP contribution in [0.15, 0.2) is 36.4 Å². The molecule has 104 valence electrons. The predicted octanol–water partition coefficient (Wildman–Crippen LogP) is 4.33. The van der Waals surface area contributed by atoms with Crippen LogP contribution in [0.2, 0.25) is 0 Å². The molecule has 2 aromatic rings. The number of fused-ring (bicyclic) bond motifs is 2. The molecule has 3 rings (SSSR count). The Morgan fingerprint density at radius 3 is 2.30 bits per heavy atom. The van der Waals surface area contributed by atoms with Gasteiger partial charge in [0, 0.05) is 12.1 Å². The molecule has 0 aromatic heterocycles. The van der Waals surface area contributed by atoms with Crippen LogP contribution in [0.5, 0.6) is 23.0 Å². The third kappa shape index (κ3) is 2.37. The summed E-state index contributed by atoms with van der Waals surface area (Å²) in [6.45, 7) is 2.79. The molecule has 0 fully saturated rings. The number of rotatable bonds is 4. The van der Waals surface area contributed by atoms with E-state index in [9.17, 15) is 0 Å². The fraction of sp³-hybridized carbons (Fsp3) is 0.250. The van der Waals surface area contributed by atoms with Crippen molar-refractivity contribution >= 4 is 11.4 Å². The summed E-state index contributed by atoms with van der Waals surface area (Å²) in [5.74, 6) is 3.11. The molecule has 1 N–H and O–H groups in total. The molecule has 20 heavy (non-hydrogen) atoms. The van der Waals surface area contributed by atoms with Crippen molar-refractivity contribution in [3.8, 4) is 23.0 Å². The average molecular weight is 271 g/mol. The van der Waals surface area contributed by atoms with Crippen molar-refractivity contribution < 1.29 is 14.2 Å². The smallest absolute Gasteiger partial charge is 0.154 e. The van der Waals surface area contributed by atoms with Crippen molar-refractivity contribution in [1.82, 2.24) is 0 Å². The first-order valence-electron chi connectivity index (χ1n) is 6.70. The number of hydrogen-bond donors (Lipinski definition) is 1. The van der Waals surface area contributed by atoms with E-state index in [0.717, 1.165) is 40.8 Å². The molecule has 1 heterocycles. The van der Waals surface area contributed by atoms with E-state index in [0.29, 0.717) is 6.61 Å². The van der Waals surface area contributed by atoms with Gasteiger partial charge in [0.15, 0.2) is 11.5 Å². The van der Waals surface area contributed by atoms with Gasteiger partial charge in [-0.3, -0.25) is 0 Å². The molecule has 0 saturated heterocycles. The van der Waals surface area contributed by atoms with Gasteiger partial charge in [-0.15, -0.1) is 0 Å². The highest BCUT2D eigenvalue weighted by Gasteiger charge is 2.17. The Kier molecular flexibility index (Phi) is 3.37. The van der Waals surface area contributed by atoms with Gasteiger partial charge in [-0.25, -0.2) is 0 Å². The van der Waals surface area contributed by atoms with E-state index in [4.69, 9.17) is 14.2 Å². The third-order valence-corrected chi connectivity index (χ3v) is 3.10. The summed E-state index contributed by atoms with van der Waals surface area (Å²) in [7, 11) is 1.64. The molecule has 2 aromatic carbocycles. The van der Waals surface area contributed by atoms with Crippen molar-refractivity contribution in [2.45, 2.75) is 13.3 Å². The topological polar surface area (TPSA) is 39.7 Å². The van der Waals surface area contributed by atoms with Crippen LogP contribution < -0.4 is 19.5 Å². The van der Waals surface area contributed by atoms with Gasteiger partial charge in [0.05, 0.1) is 25.1 Å². The molecule has 0 atom stereocenters. The summed E-state index contributed by atoms with van der Waals surface area (Å²) >= 11 is 0. The van der Waals surface area contributed by atoms with Gasteiger partial charge in [0.2, 0.25) is 0 Å². The summed E-state index contributed by atoms with van der Waals surface area (Å²) in [6.07, 6.45) is 0.982. The fourth-order valence-electron chi connectivity index (χ4n) is 2.08. The summed E-state index contributed by atoms with van der Waals surface area (Å²) in [4.78, 5) is 0. The molecule has 0 bridgehead atoms. The second-order valence-electron chi connectivity index (χ2n) is 4.60. The molecule has 0 saturated carbocycles. The van der Waals surface area contributed by atoms with Crippen molar-refractivity contribution in [1.29, 1.82) is 0 Å². The highest BCUT2D eigenvalue weighted by Crippen LogP contribution is 2.44. The van der Waals surface area contributed by atoms with Gasteiger partial charge in [0.25, 0.3) is 0 Å². The molecule has 0 amide bonds. The number of hydrogen-bond acceptors (Lipinski definition) is 4. The van der Waals surface area contributed by atoms with Crippen molar-refractivity contribution in [3.63, 3.8) is 0 Å². The van der Waals surface area contributed by atoms with Crippen molar-refractivity contribution in [2.75, 3.05) is 19.0 Å². The Balaban J connectivity index is 1.88. The zero-order valence-electron chi connectivity index (χ0n) is 11.6. The van der Waals surface area contributed by atoms with E-state index in [2.05, 4.69) is 12.2 Å². The first-order chi connectivity index (χ1) is 9.80. The second kappa shape index (κ2) is 5.33. The predicted molar refractivity (Wildman–Crippen MR) is 78.6 cm³/mol. The first-order valence-corrected chi connectivity index (χ1v) is 6.70. The largest absolute Gasteiger partial charge is 0.497 e. The van der Waals surface area contributed by atoms with Gasteiger partial charge in [-0.05, 0) is 30.7 Å². The molecule has 0 spiro atoms. The lowest BCUT2D eigenvalue weighted by atomic mass is 10.2. The van der Waals surface area contributed by atoms with Crippen LogP contribution in [0.4, 0.5) is 11.4 Å². The highest BCUT2D eigenvalue weighted by molar-refractivity contribution is 5.76. The lowest BCUT2D eigenvalue weighted by Gasteiger charge is -2.22. The van der Waals surface area contributed by atoms with Gasteiger partial charge in [-0.1, -0.05) is 6.92 Å². The van der Waals surface area contributed by atoms with Gasteiger partial charge < -0.3 is 19.5 Å². The van der Waals surface area contributed by atoms with Gasteiger partial charge in [0.1, 0.15) is 11.5 Å². The number of methoxy groups -OCH3 is 1. The molecule has 0 aliphatic carbocycles. The number of nitrogens with one attached hydrogen (secondary N) is 1. The van der Waals surface area contributed by atoms with E-state index >= 15 is 0 Å². The number of ether oxygens (including phenoxy) is 3. The third-order valence-electron chi connectivity index (χ3n) is 3.10. The van der Waals surface area contributed by atoms with Crippen molar-refractivity contribution in [2.24, 2.45) is 0 Å². The normalized spacial score (nSPS) is 11.7. The Morgan fingerprint density at radius 1 is 1.00 bits per heavy atom. The molecule has 1 aliphatic heterocycles. The Morgan fingerprint density at radius 2 is 1.65 bits per heavy atom. The summed E-state index contributed by atoms with van der Waals surface area (Å²) < 4.78 is 16.8. The Labute approximate surface area is 118 Å². The molecular weight excluding hydrogens is 254 g/mol. The highest BCUT2D eigenvalue weighted by atomic mass is 16.5. The minimum atomic E-state index is 0.705. The quantitative estimate of drug-likeness (QED) is 0.766. The van der Waals surface area contributed by atoms with Crippen LogP contribution >= 0.6 is 0 Å². The van der Waals surface area contributed by atoms with E-state index in [1.807, 2.05) is 36.4 Å². The van der Waals surface area contributed by atoms with Crippen LogP contribution in [-0.4, -0.2) is 13.7 Å². The maximum Gasteiger partial charge on any atom is 0.154 e. The molecule has 4 nitrogen and oxygen atoms in total. The monoisotopic (exact) mass is 271 g/mol. The zero-order chi connectivity index (χ0) is 13.9. The maximum atomic E-state index is 5.92. The van der Waals surface area contributed by atoms with Crippen LogP contribution in [0, 0.1) is 0 Å². The minimum absolute atomic E-state index is 0.705. The van der Waals surface area contributed by atoms with Gasteiger partial charge in [-0.2, -0.15) is 0 Å². The standard InChI is InChI=1S/C16H17NO3/c1-3-8-19-12-5-7-14-16(10-12)20-15-9-11(18-2)4-6-13(15)17-14/h4-7,9-10,17H,3,8H2,1-2H3. The van der Waals surface area contributed by atoms with E-state index in [-0.39, 0.29) is 0 Å². The van der Waals surface area contributed by atoms with E-state index in [1.165, 1.54) is 0 Å². The SMILES string of the molecule is CCCOc1ccc2c(c1)Oc1cc(OC)ccc1N2. The van der Waals surface area contributed by atoms with Crippen LogP contribution in [0.1, 0.15) is 13.3 Å².